The molecule has 106 valence electrons. The number of hydrogen-bond acceptors (Lipinski definition) is 5. The fourth-order valence-electron chi connectivity index (χ4n) is 1.68. The fourth-order valence-corrected chi connectivity index (χ4v) is 3.11. The predicted octanol–water partition coefficient (Wildman–Crippen LogP) is 2.97. The largest absolute Gasteiger partial charge is 0.504 e. The molecule has 20 heavy (non-hydrogen) atoms. The lowest BCUT2D eigenvalue weighted by Gasteiger charge is -2.14. The van der Waals surface area contributed by atoms with Crippen molar-refractivity contribution in [2.24, 2.45) is 0 Å². The Morgan fingerprint density at radius 3 is 2.50 bits per heavy atom. The van der Waals surface area contributed by atoms with Crippen LogP contribution in [-0.4, -0.2) is 41.9 Å². The van der Waals surface area contributed by atoms with Crippen LogP contribution in [0.15, 0.2) is 21.5 Å². The van der Waals surface area contributed by atoms with E-state index in [2.05, 4.69) is 15.9 Å². The zero-order chi connectivity index (χ0) is 15.1. The van der Waals surface area contributed by atoms with Crippen LogP contribution in [0, 0.1) is 0 Å². The summed E-state index contributed by atoms with van der Waals surface area (Å²) in [5.41, 5.74) is 0.605. The molecule has 0 spiro atoms. The Hall–Kier alpha value is -1.31. The molecule has 5 nitrogen and oxygen atoms in total. The van der Waals surface area contributed by atoms with E-state index < -0.39 is 0 Å². The van der Waals surface area contributed by atoms with Crippen molar-refractivity contribution in [3.8, 4) is 11.5 Å². The maximum Gasteiger partial charge on any atom is 0.387 e. The van der Waals surface area contributed by atoms with Gasteiger partial charge in [-0.15, -0.1) is 0 Å². The Morgan fingerprint density at radius 1 is 1.35 bits per heavy atom. The van der Waals surface area contributed by atoms with Crippen LogP contribution in [0.25, 0.3) is 6.08 Å². The summed E-state index contributed by atoms with van der Waals surface area (Å²) in [6.07, 6.45) is 1.58. The number of phenols is 1. The molecule has 1 aromatic rings. The molecule has 0 aliphatic carbocycles. The highest BCUT2D eigenvalue weighted by atomic mass is 79.9. The van der Waals surface area contributed by atoms with Crippen molar-refractivity contribution >= 4 is 44.9 Å². The van der Waals surface area contributed by atoms with Crippen LogP contribution >= 0.6 is 27.7 Å². The third-order valence-corrected chi connectivity index (χ3v) is 4.79. The average Bonchev–Trinajstić information content (AvgIpc) is 2.57. The Kier molecular flexibility index (Phi) is 3.95. The molecule has 1 fully saturated rings. The summed E-state index contributed by atoms with van der Waals surface area (Å²) in [5.74, 6) is 0.0388. The van der Waals surface area contributed by atoms with Crippen LogP contribution in [0.2, 0.25) is 0 Å². The zero-order valence-corrected chi connectivity index (χ0v) is 13.5. The minimum absolute atomic E-state index is 0.0296. The number of amides is 2. The molecule has 7 heteroatoms. The first-order valence-corrected chi connectivity index (χ1v) is 7.27. The van der Waals surface area contributed by atoms with E-state index in [4.69, 9.17) is 4.74 Å². The molecular formula is C13H13BrNO4S+. The molecule has 0 atom stereocenters. The van der Waals surface area contributed by atoms with E-state index in [0.29, 0.717) is 20.7 Å². The van der Waals surface area contributed by atoms with Gasteiger partial charge in [0.05, 0.1) is 21.2 Å². The van der Waals surface area contributed by atoms with E-state index in [9.17, 15) is 14.7 Å². The smallest absolute Gasteiger partial charge is 0.387 e. The van der Waals surface area contributed by atoms with Crippen molar-refractivity contribution in [1.82, 2.24) is 0 Å². The van der Waals surface area contributed by atoms with Crippen molar-refractivity contribution in [2.75, 3.05) is 21.2 Å². The first-order chi connectivity index (χ1) is 9.27. The fraction of sp³-hybridized carbons (Fsp3) is 0.231. The van der Waals surface area contributed by atoms with Gasteiger partial charge in [-0.2, -0.15) is 4.48 Å². The number of likely N-dealkylation sites (N-methyl/N-ethyl adjacent to an activating group) is 1. The summed E-state index contributed by atoms with van der Waals surface area (Å²) in [6, 6.07) is 3.08. The number of halogens is 1. The number of nitrogens with zero attached hydrogens (tertiary/aromatic N) is 1. The minimum Gasteiger partial charge on any atom is -0.504 e. The highest BCUT2D eigenvalue weighted by molar-refractivity contribution is 9.10. The number of benzene rings is 1. The molecule has 1 heterocycles. The molecular weight excluding hydrogens is 346 g/mol. The number of carbonyl (C=O) groups excluding carboxylic acids is 2. The van der Waals surface area contributed by atoms with Gasteiger partial charge in [0.2, 0.25) is 0 Å². The SMILES string of the molecule is COc1cc(Br)c(/C=C2\SC(=O)[N+](C)(C)C2=O)cc1O. The first kappa shape index (κ1) is 15.1. The molecule has 2 rings (SSSR count). The molecule has 0 bridgehead atoms. The Morgan fingerprint density at radius 2 is 2.00 bits per heavy atom. The van der Waals surface area contributed by atoms with Crippen molar-refractivity contribution < 1.29 is 23.9 Å². The van der Waals surface area contributed by atoms with Gasteiger partial charge in [0.1, 0.15) is 4.91 Å². The monoisotopic (exact) mass is 358 g/mol. The maximum absolute atomic E-state index is 12.1. The summed E-state index contributed by atoms with van der Waals surface area (Å²) in [4.78, 5) is 24.2. The van der Waals surface area contributed by atoms with E-state index in [0.717, 1.165) is 11.8 Å². The highest BCUT2D eigenvalue weighted by Gasteiger charge is 2.47. The molecule has 1 saturated heterocycles. The predicted molar refractivity (Wildman–Crippen MR) is 80.4 cm³/mol. The molecule has 0 radical (unpaired) electrons. The van der Waals surface area contributed by atoms with Crippen LogP contribution in [0.5, 0.6) is 11.5 Å². The molecule has 1 aromatic carbocycles. The molecule has 1 aliphatic rings. The lowest BCUT2D eigenvalue weighted by molar-refractivity contribution is -0.716. The Balaban J connectivity index is 2.45. The molecule has 0 aromatic heterocycles. The minimum atomic E-state index is -0.309. The van der Waals surface area contributed by atoms with Gasteiger partial charge in [-0.25, -0.2) is 9.59 Å². The van der Waals surface area contributed by atoms with E-state index in [1.165, 1.54) is 13.2 Å². The molecule has 1 aliphatic heterocycles. The van der Waals surface area contributed by atoms with Crippen LogP contribution in [-0.2, 0) is 4.79 Å². The van der Waals surface area contributed by atoms with Crippen LogP contribution in [0.3, 0.4) is 0 Å². The highest BCUT2D eigenvalue weighted by Crippen LogP contribution is 2.38. The van der Waals surface area contributed by atoms with Gasteiger partial charge in [-0.05, 0) is 23.8 Å². The Labute approximate surface area is 128 Å². The second-order valence-corrected chi connectivity index (χ2v) is 6.53. The number of ether oxygens (including phenoxy) is 1. The number of quaternary nitrogens is 1. The van der Waals surface area contributed by atoms with Crippen LogP contribution in [0.4, 0.5) is 4.79 Å². The lowest BCUT2D eigenvalue weighted by Crippen LogP contribution is -2.43. The molecule has 0 saturated carbocycles. The van der Waals surface area contributed by atoms with Gasteiger partial charge in [-0.1, -0.05) is 15.9 Å². The van der Waals surface area contributed by atoms with Crippen LogP contribution < -0.4 is 4.74 Å². The van der Waals surface area contributed by atoms with E-state index >= 15 is 0 Å². The third kappa shape index (κ3) is 2.48. The topological polar surface area (TPSA) is 63.6 Å². The van der Waals surface area contributed by atoms with Gasteiger partial charge in [0, 0.05) is 16.2 Å². The lowest BCUT2D eigenvalue weighted by atomic mass is 10.2. The van der Waals surface area contributed by atoms with Crippen molar-refractivity contribution in [3.63, 3.8) is 0 Å². The summed E-state index contributed by atoms with van der Waals surface area (Å²) in [6.45, 7) is 0. The summed E-state index contributed by atoms with van der Waals surface area (Å²) < 4.78 is 5.35. The number of aromatic hydroxyl groups is 1. The molecule has 2 amide bonds. The van der Waals surface area contributed by atoms with E-state index in [1.807, 2.05) is 0 Å². The number of phenolic OH excluding ortho intramolecular Hbond substituents is 1. The summed E-state index contributed by atoms with van der Waals surface area (Å²) in [5, 5.41) is 9.55. The second kappa shape index (κ2) is 5.23. The normalized spacial score (nSPS) is 19.7. The Bertz CT molecular complexity index is 640. The van der Waals surface area contributed by atoms with E-state index in [-0.39, 0.29) is 21.4 Å². The van der Waals surface area contributed by atoms with Gasteiger partial charge in [-0.3, -0.25) is 0 Å². The standard InChI is InChI=1S/C13H12BrNO4S/c1-15(2)12(17)11(20-13(15)18)5-7-4-9(16)10(19-3)6-8(7)14/h4-6H,1-3H3/p+1/b11-5-. The van der Waals surface area contributed by atoms with Gasteiger partial charge in [0.15, 0.2) is 11.5 Å². The zero-order valence-electron chi connectivity index (χ0n) is 11.1. The van der Waals surface area contributed by atoms with Gasteiger partial charge >= 0.3 is 11.1 Å². The first-order valence-electron chi connectivity index (χ1n) is 5.67. The number of imide groups is 1. The summed E-state index contributed by atoms with van der Waals surface area (Å²) in [7, 11) is 4.56. The van der Waals surface area contributed by atoms with Crippen molar-refractivity contribution in [1.29, 1.82) is 0 Å². The number of methoxy groups -OCH3 is 1. The number of carbonyl (C=O) groups is 2. The van der Waals surface area contributed by atoms with Gasteiger partial charge < -0.3 is 9.84 Å². The number of rotatable bonds is 2. The van der Waals surface area contributed by atoms with Crippen molar-refractivity contribution in [3.05, 3.63) is 27.1 Å². The third-order valence-electron chi connectivity index (χ3n) is 2.96. The van der Waals surface area contributed by atoms with Crippen LogP contribution in [0.1, 0.15) is 5.56 Å². The second-order valence-electron chi connectivity index (χ2n) is 4.68. The number of thioether (sulfide) groups is 1. The molecule has 0 unspecified atom stereocenters. The molecule has 1 N–H and O–H groups in total. The van der Waals surface area contributed by atoms with Gasteiger partial charge in [0.25, 0.3) is 0 Å². The van der Waals surface area contributed by atoms with E-state index in [1.54, 1.807) is 26.2 Å². The average molecular weight is 359 g/mol. The van der Waals surface area contributed by atoms with Crippen molar-refractivity contribution in [2.45, 2.75) is 0 Å². The summed E-state index contributed by atoms with van der Waals surface area (Å²) >= 11 is 4.26. The number of hydrogen-bond donors (Lipinski definition) is 1. The quantitative estimate of drug-likeness (QED) is 0.650. The maximum atomic E-state index is 12.1.